The summed E-state index contributed by atoms with van der Waals surface area (Å²) in [7, 11) is 1.56. The number of aryl methyl sites for hydroxylation is 1. The standard InChI is InChI=1S/C10H12ClNO4/c1-7-5-10(16-4-3-15-2)8(11)6-9(7)12(13)14/h5-6H,3-4H2,1-2H3. The number of methoxy groups -OCH3 is 1. The number of nitro benzene ring substituents is 1. The first kappa shape index (κ1) is 12.7. The number of hydrogen-bond acceptors (Lipinski definition) is 4. The van der Waals surface area contributed by atoms with Gasteiger partial charge in [-0.25, -0.2) is 0 Å². The average Bonchev–Trinajstić information content (AvgIpc) is 2.22. The number of nitro groups is 1. The molecule has 0 spiro atoms. The summed E-state index contributed by atoms with van der Waals surface area (Å²) in [4.78, 5) is 10.2. The first-order valence-corrected chi connectivity index (χ1v) is 5.00. The van der Waals surface area contributed by atoms with Crippen molar-refractivity contribution in [2.45, 2.75) is 6.92 Å². The minimum absolute atomic E-state index is 0.0101. The molecule has 0 aliphatic carbocycles. The molecule has 16 heavy (non-hydrogen) atoms. The third-order valence-electron chi connectivity index (χ3n) is 1.99. The van der Waals surface area contributed by atoms with Gasteiger partial charge in [-0.15, -0.1) is 0 Å². The van der Waals surface area contributed by atoms with Crippen LogP contribution < -0.4 is 4.74 Å². The van der Waals surface area contributed by atoms with Crippen LogP contribution >= 0.6 is 11.6 Å². The van der Waals surface area contributed by atoms with E-state index in [1.807, 2.05) is 0 Å². The van der Waals surface area contributed by atoms with Gasteiger partial charge in [0.25, 0.3) is 5.69 Å². The second-order valence-electron chi connectivity index (χ2n) is 3.17. The zero-order valence-corrected chi connectivity index (χ0v) is 9.78. The molecule has 5 nitrogen and oxygen atoms in total. The lowest BCUT2D eigenvalue weighted by atomic mass is 10.2. The first-order valence-electron chi connectivity index (χ1n) is 4.62. The zero-order valence-electron chi connectivity index (χ0n) is 9.03. The Bertz CT molecular complexity index is 395. The Labute approximate surface area is 98.1 Å². The molecular formula is C10H12ClNO4. The summed E-state index contributed by atoms with van der Waals surface area (Å²) >= 11 is 5.85. The van der Waals surface area contributed by atoms with E-state index >= 15 is 0 Å². The maximum atomic E-state index is 10.6. The molecule has 0 atom stereocenters. The smallest absolute Gasteiger partial charge is 0.274 e. The molecule has 0 N–H and O–H groups in total. The van der Waals surface area contributed by atoms with E-state index < -0.39 is 4.92 Å². The van der Waals surface area contributed by atoms with Crippen molar-refractivity contribution in [2.24, 2.45) is 0 Å². The largest absolute Gasteiger partial charge is 0.490 e. The van der Waals surface area contributed by atoms with Crippen molar-refractivity contribution < 1.29 is 14.4 Å². The van der Waals surface area contributed by atoms with Gasteiger partial charge in [0.1, 0.15) is 12.4 Å². The molecule has 0 radical (unpaired) electrons. The third-order valence-corrected chi connectivity index (χ3v) is 2.29. The lowest BCUT2D eigenvalue weighted by molar-refractivity contribution is -0.385. The normalized spacial score (nSPS) is 10.2. The van der Waals surface area contributed by atoms with E-state index in [9.17, 15) is 10.1 Å². The molecule has 0 bridgehead atoms. The van der Waals surface area contributed by atoms with Gasteiger partial charge >= 0.3 is 0 Å². The second kappa shape index (κ2) is 5.67. The van der Waals surface area contributed by atoms with E-state index in [-0.39, 0.29) is 10.7 Å². The molecule has 1 rings (SSSR count). The van der Waals surface area contributed by atoms with Crippen LogP contribution in [0.2, 0.25) is 5.02 Å². The highest BCUT2D eigenvalue weighted by molar-refractivity contribution is 6.32. The maximum Gasteiger partial charge on any atom is 0.274 e. The minimum atomic E-state index is -0.472. The Morgan fingerprint density at radius 2 is 2.12 bits per heavy atom. The molecule has 0 saturated heterocycles. The van der Waals surface area contributed by atoms with Crippen LogP contribution in [0.3, 0.4) is 0 Å². The predicted molar refractivity (Wildman–Crippen MR) is 60.2 cm³/mol. The van der Waals surface area contributed by atoms with Crippen molar-refractivity contribution in [2.75, 3.05) is 20.3 Å². The van der Waals surface area contributed by atoms with E-state index in [2.05, 4.69) is 0 Å². The fraction of sp³-hybridized carbons (Fsp3) is 0.400. The van der Waals surface area contributed by atoms with Gasteiger partial charge in [0.2, 0.25) is 0 Å². The first-order chi connectivity index (χ1) is 7.56. The number of benzene rings is 1. The number of hydrogen-bond donors (Lipinski definition) is 0. The quantitative estimate of drug-likeness (QED) is 0.454. The molecule has 0 aliphatic heterocycles. The van der Waals surface area contributed by atoms with E-state index in [1.165, 1.54) is 6.07 Å². The van der Waals surface area contributed by atoms with Crippen LogP contribution in [0.1, 0.15) is 5.56 Å². The Kier molecular flexibility index (Phi) is 4.52. The molecule has 0 aliphatic rings. The van der Waals surface area contributed by atoms with E-state index in [4.69, 9.17) is 21.1 Å². The van der Waals surface area contributed by atoms with Crippen LogP contribution in [-0.4, -0.2) is 25.2 Å². The van der Waals surface area contributed by atoms with Crippen LogP contribution in [0.15, 0.2) is 12.1 Å². The number of ether oxygens (including phenoxy) is 2. The monoisotopic (exact) mass is 245 g/mol. The lowest BCUT2D eigenvalue weighted by Crippen LogP contribution is -2.05. The van der Waals surface area contributed by atoms with Crippen molar-refractivity contribution in [1.82, 2.24) is 0 Å². The Hall–Kier alpha value is -1.33. The molecule has 0 heterocycles. The van der Waals surface area contributed by atoms with Gasteiger partial charge in [0.05, 0.1) is 16.6 Å². The van der Waals surface area contributed by atoms with Crippen LogP contribution in [0.4, 0.5) is 5.69 Å². The van der Waals surface area contributed by atoms with Gasteiger partial charge in [-0.2, -0.15) is 0 Å². The SMILES string of the molecule is COCCOc1cc(C)c([N+](=O)[O-])cc1Cl. The van der Waals surface area contributed by atoms with Crippen LogP contribution in [0.25, 0.3) is 0 Å². The minimum Gasteiger partial charge on any atom is -0.490 e. The molecule has 0 aromatic heterocycles. The molecule has 1 aromatic carbocycles. The van der Waals surface area contributed by atoms with Gasteiger partial charge in [-0.05, 0) is 13.0 Å². The van der Waals surface area contributed by atoms with Crippen molar-refractivity contribution in [1.29, 1.82) is 0 Å². The van der Waals surface area contributed by atoms with Gasteiger partial charge in [0, 0.05) is 18.7 Å². The molecule has 88 valence electrons. The Morgan fingerprint density at radius 1 is 1.44 bits per heavy atom. The fourth-order valence-corrected chi connectivity index (χ4v) is 1.40. The van der Waals surface area contributed by atoms with Gasteiger partial charge in [-0.1, -0.05) is 11.6 Å². The van der Waals surface area contributed by atoms with Crippen LogP contribution in [0.5, 0.6) is 5.75 Å². The number of halogens is 1. The topological polar surface area (TPSA) is 61.6 Å². The van der Waals surface area contributed by atoms with E-state index in [0.29, 0.717) is 24.5 Å². The van der Waals surface area contributed by atoms with Gasteiger partial charge in [-0.3, -0.25) is 10.1 Å². The molecule has 1 aromatic rings. The highest BCUT2D eigenvalue weighted by Gasteiger charge is 2.14. The molecule has 0 amide bonds. The fourth-order valence-electron chi connectivity index (χ4n) is 1.19. The lowest BCUT2D eigenvalue weighted by Gasteiger charge is -2.08. The summed E-state index contributed by atoms with van der Waals surface area (Å²) in [5.74, 6) is 0.432. The Morgan fingerprint density at radius 3 is 2.69 bits per heavy atom. The zero-order chi connectivity index (χ0) is 12.1. The molecule has 0 fully saturated rings. The van der Waals surface area contributed by atoms with Gasteiger partial charge in [0.15, 0.2) is 0 Å². The molecule has 0 unspecified atom stereocenters. The third kappa shape index (κ3) is 3.08. The van der Waals surface area contributed by atoms with Crippen molar-refractivity contribution in [3.8, 4) is 5.75 Å². The highest BCUT2D eigenvalue weighted by Crippen LogP contribution is 2.31. The summed E-state index contributed by atoms with van der Waals surface area (Å²) in [5.41, 5.74) is 0.505. The molecule has 6 heteroatoms. The number of rotatable bonds is 5. The van der Waals surface area contributed by atoms with E-state index in [1.54, 1.807) is 20.1 Å². The second-order valence-corrected chi connectivity index (χ2v) is 3.57. The summed E-state index contributed by atoms with van der Waals surface area (Å²) in [6.07, 6.45) is 0. The summed E-state index contributed by atoms with van der Waals surface area (Å²) in [6.45, 7) is 2.43. The highest BCUT2D eigenvalue weighted by atomic mass is 35.5. The summed E-state index contributed by atoms with van der Waals surface area (Å²) < 4.78 is 10.1. The average molecular weight is 246 g/mol. The van der Waals surface area contributed by atoms with Crippen molar-refractivity contribution in [3.05, 3.63) is 32.8 Å². The summed E-state index contributed by atoms with van der Waals surface area (Å²) in [5, 5.41) is 10.9. The van der Waals surface area contributed by atoms with E-state index in [0.717, 1.165) is 0 Å². The Balaban J connectivity index is 2.88. The molecular weight excluding hydrogens is 234 g/mol. The van der Waals surface area contributed by atoms with Crippen LogP contribution in [0, 0.1) is 17.0 Å². The van der Waals surface area contributed by atoms with Gasteiger partial charge < -0.3 is 9.47 Å². The number of nitrogens with zero attached hydrogens (tertiary/aromatic N) is 1. The molecule has 0 saturated carbocycles. The van der Waals surface area contributed by atoms with Crippen molar-refractivity contribution in [3.63, 3.8) is 0 Å². The summed E-state index contributed by atoms with van der Waals surface area (Å²) in [6, 6.07) is 2.84. The van der Waals surface area contributed by atoms with Crippen LogP contribution in [-0.2, 0) is 4.74 Å². The van der Waals surface area contributed by atoms with Crippen molar-refractivity contribution >= 4 is 17.3 Å². The maximum absolute atomic E-state index is 10.6. The predicted octanol–water partition coefficient (Wildman–Crippen LogP) is 2.58.